The van der Waals surface area contributed by atoms with Gasteiger partial charge in [0.1, 0.15) is 39.4 Å². The lowest BCUT2D eigenvalue weighted by Crippen LogP contribution is -3.00. The maximum atomic E-state index is 5.65. The van der Waals surface area contributed by atoms with Crippen LogP contribution in [-0.2, 0) is 9.47 Å². The van der Waals surface area contributed by atoms with E-state index in [1.807, 2.05) is 0 Å². The summed E-state index contributed by atoms with van der Waals surface area (Å²) in [5.74, 6) is 0. The van der Waals surface area contributed by atoms with Gasteiger partial charge in [-0.3, -0.25) is 0 Å². The van der Waals surface area contributed by atoms with E-state index in [9.17, 15) is 0 Å². The Hall–Kier alpha value is 0.300. The molecule has 0 atom stereocenters. The highest BCUT2D eigenvalue weighted by molar-refractivity contribution is 8.93. The first-order valence-corrected chi connectivity index (χ1v) is 10.3. The molecule has 0 bridgehead atoms. The van der Waals surface area contributed by atoms with Crippen LogP contribution >= 0.6 is 34.0 Å². The van der Waals surface area contributed by atoms with Crippen LogP contribution in [0.3, 0.4) is 0 Å². The highest BCUT2D eigenvalue weighted by atomic mass is 79.9. The number of hydrogen-bond donors (Lipinski definition) is 0. The lowest BCUT2D eigenvalue weighted by atomic mass is 10.1. The quantitative estimate of drug-likeness (QED) is 0.232. The van der Waals surface area contributed by atoms with Crippen molar-refractivity contribution in [3.63, 3.8) is 0 Å². The van der Waals surface area contributed by atoms with Crippen LogP contribution in [0, 0.1) is 0 Å². The first kappa shape index (κ1) is 34.5. The zero-order valence-electron chi connectivity index (χ0n) is 18.4. The van der Waals surface area contributed by atoms with Gasteiger partial charge in [0.2, 0.25) is 0 Å². The number of halogens is 4. The molecule has 0 saturated carbocycles. The molecular weight excluding hydrogens is 684 g/mol. The predicted octanol–water partition coefficient (Wildman–Crippen LogP) is -7.45. The summed E-state index contributed by atoms with van der Waals surface area (Å²) >= 11 is 0. The molecule has 5 aliphatic rings. The van der Waals surface area contributed by atoms with Crippen LogP contribution in [0.2, 0.25) is 0 Å². The summed E-state index contributed by atoms with van der Waals surface area (Å²) in [6.07, 6.45) is 0. The van der Waals surface area contributed by atoms with E-state index in [-0.39, 0.29) is 78.9 Å². The summed E-state index contributed by atoms with van der Waals surface area (Å²) in [5, 5.41) is 0. The molecule has 10 nitrogen and oxygen atoms in total. The first-order chi connectivity index (χ1) is 12.8. The lowest BCUT2D eigenvalue weighted by Gasteiger charge is -2.54. The van der Waals surface area contributed by atoms with Gasteiger partial charge in [0.15, 0.2) is 0 Å². The van der Waals surface area contributed by atoms with Gasteiger partial charge in [0, 0.05) is 0 Å². The summed E-state index contributed by atoms with van der Waals surface area (Å²) in [4.78, 5) is 13.7. The fourth-order valence-electron chi connectivity index (χ4n) is 5.16. The number of amidine groups is 2. The molecule has 0 unspecified atom stereocenters. The minimum atomic E-state index is 0. The lowest BCUT2D eigenvalue weighted by molar-refractivity contribution is -1.03. The maximum Gasteiger partial charge on any atom is 0.287 e. The van der Waals surface area contributed by atoms with Crippen molar-refractivity contribution >= 4 is 46.0 Å². The Labute approximate surface area is 232 Å². The second kappa shape index (κ2) is 14.6. The number of hydrogen-bond acceptors (Lipinski definition) is 6. The van der Waals surface area contributed by atoms with Crippen LogP contribution in [0.15, 0.2) is 9.98 Å². The molecule has 0 aliphatic carbocycles. The molecule has 5 rings (SSSR count). The van der Waals surface area contributed by atoms with Crippen LogP contribution in [0.25, 0.3) is 0 Å². The van der Waals surface area contributed by atoms with Gasteiger partial charge < -0.3 is 73.2 Å². The fraction of sp³-hybridized carbons (Fsp3) is 0.889. The van der Waals surface area contributed by atoms with Crippen molar-refractivity contribution in [2.75, 3.05) is 105 Å². The topological polar surface area (TPSA) is 113 Å². The normalized spacial score (nSPS) is 24.5. The van der Waals surface area contributed by atoms with Gasteiger partial charge in [-0.05, 0) is 0 Å². The smallest absolute Gasteiger partial charge is 0.287 e. The number of quaternary nitrogens is 2. The van der Waals surface area contributed by atoms with E-state index >= 15 is 0 Å². The third-order valence-electron chi connectivity index (χ3n) is 7.15. The number of aliphatic imine (C=N–C) groups is 2. The number of piperazine rings is 3. The molecule has 5 heterocycles. The van der Waals surface area contributed by atoms with Crippen LogP contribution in [0.5, 0.6) is 0 Å². The third-order valence-corrected chi connectivity index (χ3v) is 7.15. The summed E-state index contributed by atoms with van der Waals surface area (Å²) in [6.45, 7) is 17.9. The van der Waals surface area contributed by atoms with Crippen LogP contribution in [0.1, 0.15) is 0 Å². The Kier molecular flexibility index (Phi) is 15.8. The molecule has 0 aromatic heterocycles. The van der Waals surface area contributed by atoms with E-state index in [4.69, 9.17) is 9.47 Å². The Morgan fingerprint density at radius 3 is 1.12 bits per heavy atom. The zero-order chi connectivity index (χ0) is 17.5. The van der Waals surface area contributed by atoms with E-state index in [2.05, 4.69) is 19.8 Å². The molecule has 5 aliphatic heterocycles. The minimum absolute atomic E-state index is 0. The van der Waals surface area contributed by atoms with Gasteiger partial charge in [0.05, 0.1) is 65.4 Å². The van der Waals surface area contributed by atoms with Crippen molar-refractivity contribution < 1.29 is 63.4 Å². The Morgan fingerprint density at radius 2 is 0.875 bits per heavy atom. The van der Waals surface area contributed by atoms with Crippen LogP contribution in [0.4, 0.5) is 0 Å². The molecule has 32 heavy (non-hydrogen) atoms. The van der Waals surface area contributed by atoms with Gasteiger partial charge in [-0.15, -0.1) is 34.0 Å². The summed E-state index contributed by atoms with van der Waals surface area (Å²) in [6, 6.07) is 1.80. The second-order valence-corrected chi connectivity index (χ2v) is 8.47. The largest absolute Gasteiger partial charge is 1.00 e. The van der Waals surface area contributed by atoms with Crippen molar-refractivity contribution in [2.45, 2.75) is 0 Å². The molecule has 0 amide bonds. The zero-order valence-corrected chi connectivity index (χ0v) is 25.0. The molecule has 0 aromatic rings. The Balaban J connectivity index is 0. The average molecular weight is 722 g/mol. The van der Waals surface area contributed by atoms with E-state index in [1.54, 1.807) is 0 Å². The average Bonchev–Trinajstić information content (AvgIpc) is 3.40. The number of nitrogens with zero attached hydrogens (tertiary/aromatic N) is 6. The molecule has 4 N–H and O–H groups in total. The van der Waals surface area contributed by atoms with Gasteiger partial charge in [-0.2, -0.15) is 0 Å². The van der Waals surface area contributed by atoms with Crippen molar-refractivity contribution in [1.82, 2.24) is 9.80 Å². The standard InChI is InChI=1S/C18H32N6O2.4BrH.2H2O/c1-15-25-17(19-1)21-3-7-23(8-4-21)11-13-24(14-12-23)9-5-22(6-10-24)18-20-2-16-26-18;;;;;;/h1-16H2;4*1H;2*1H2/q+2;;;;;;/p-2. The van der Waals surface area contributed by atoms with Crippen LogP contribution < -0.4 is 34.0 Å². The van der Waals surface area contributed by atoms with Crippen molar-refractivity contribution in [2.24, 2.45) is 9.98 Å². The molecule has 14 heteroatoms. The third kappa shape index (κ3) is 7.15. The van der Waals surface area contributed by atoms with Crippen molar-refractivity contribution in [3.8, 4) is 0 Å². The fourth-order valence-corrected chi connectivity index (χ4v) is 5.16. The summed E-state index contributed by atoms with van der Waals surface area (Å²) < 4.78 is 13.9. The van der Waals surface area contributed by atoms with Gasteiger partial charge in [0.25, 0.3) is 12.0 Å². The molecule has 3 saturated heterocycles. The SMILES string of the molecule is Br.Br.C1COC(N2CC[N+]3(CC2)CC[N+]2(CCN(C4=NCCO4)CC2)CC3)=N1.O.O.[Br-].[Br-]. The first-order valence-electron chi connectivity index (χ1n) is 10.3. The van der Waals surface area contributed by atoms with Crippen LogP contribution in [-0.4, -0.2) is 147 Å². The van der Waals surface area contributed by atoms with E-state index in [0.717, 1.165) is 64.5 Å². The summed E-state index contributed by atoms with van der Waals surface area (Å²) in [5.41, 5.74) is 0. The molecular formula is C18H38Br4N6O4. The molecule has 2 spiro atoms. The maximum absolute atomic E-state index is 5.65. The highest BCUT2D eigenvalue weighted by Gasteiger charge is 2.46. The van der Waals surface area contributed by atoms with E-state index in [0.29, 0.717) is 0 Å². The van der Waals surface area contributed by atoms with Gasteiger partial charge in [-0.1, -0.05) is 0 Å². The highest BCUT2D eigenvalue weighted by Crippen LogP contribution is 2.25. The van der Waals surface area contributed by atoms with Gasteiger partial charge >= 0.3 is 0 Å². The molecule has 0 radical (unpaired) electrons. The number of rotatable bonds is 0. The monoisotopic (exact) mass is 718 g/mol. The number of ether oxygens (including phenoxy) is 2. The minimum Gasteiger partial charge on any atom is -1.00 e. The van der Waals surface area contributed by atoms with E-state index in [1.165, 1.54) is 61.3 Å². The Morgan fingerprint density at radius 1 is 0.562 bits per heavy atom. The predicted molar refractivity (Wildman–Crippen MR) is 127 cm³/mol. The van der Waals surface area contributed by atoms with Crippen molar-refractivity contribution in [1.29, 1.82) is 0 Å². The second-order valence-electron chi connectivity index (χ2n) is 8.47. The van der Waals surface area contributed by atoms with Gasteiger partial charge in [-0.25, -0.2) is 9.98 Å². The molecule has 3 fully saturated rings. The van der Waals surface area contributed by atoms with E-state index < -0.39 is 0 Å². The molecule has 0 aromatic carbocycles. The van der Waals surface area contributed by atoms with Crippen molar-refractivity contribution in [3.05, 3.63) is 0 Å². The molecule has 192 valence electrons. The summed E-state index contributed by atoms with van der Waals surface area (Å²) in [7, 11) is 0. The Bertz CT molecular complexity index is 550.